The Labute approximate surface area is 114 Å². The predicted octanol–water partition coefficient (Wildman–Crippen LogP) is 2.08. The van der Waals surface area contributed by atoms with E-state index in [1.165, 1.54) is 5.56 Å². The summed E-state index contributed by atoms with van der Waals surface area (Å²) in [4.78, 5) is 14.0. The molecule has 19 heavy (non-hydrogen) atoms. The van der Waals surface area contributed by atoms with Gasteiger partial charge in [0.25, 0.3) is 0 Å². The summed E-state index contributed by atoms with van der Waals surface area (Å²) < 4.78 is 5.43. The fourth-order valence-electron chi connectivity index (χ4n) is 2.71. The molecular formula is C15H22N2O2. The van der Waals surface area contributed by atoms with Gasteiger partial charge in [-0.1, -0.05) is 0 Å². The monoisotopic (exact) mass is 262 g/mol. The minimum Gasteiger partial charge on any atom is -0.468 e. The fourth-order valence-corrected chi connectivity index (χ4v) is 2.71. The van der Waals surface area contributed by atoms with Crippen LogP contribution in [0.2, 0.25) is 0 Å². The Kier molecular flexibility index (Phi) is 3.60. The zero-order valence-electron chi connectivity index (χ0n) is 11.5. The summed E-state index contributed by atoms with van der Waals surface area (Å²) >= 11 is 0. The number of carbonyl (C=O) groups is 1. The third-order valence-corrected chi connectivity index (χ3v) is 4.25. The first-order valence-electron chi connectivity index (χ1n) is 7.29. The second kappa shape index (κ2) is 5.37. The number of nitrogens with one attached hydrogen (secondary N) is 1. The molecule has 0 spiro atoms. The summed E-state index contributed by atoms with van der Waals surface area (Å²) in [5.74, 6) is 1.77. The SMILES string of the molecule is Cc1ccoc1CNC1CCN(C(=O)C2CC2)CC1. The molecule has 1 amide bonds. The average Bonchev–Trinajstić information content (AvgIpc) is 3.20. The Morgan fingerprint density at radius 2 is 2.11 bits per heavy atom. The van der Waals surface area contributed by atoms with Gasteiger partial charge in [-0.15, -0.1) is 0 Å². The van der Waals surface area contributed by atoms with E-state index in [4.69, 9.17) is 4.42 Å². The largest absolute Gasteiger partial charge is 0.468 e. The van der Waals surface area contributed by atoms with Crippen LogP contribution in [0.5, 0.6) is 0 Å². The maximum Gasteiger partial charge on any atom is 0.225 e. The molecule has 0 radical (unpaired) electrons. The van der Waals surface area contributed by atoms with E-state index in [-0.39, 0.29) is 0 Å². The lowest BCUT2D eigenvalue weighted by molar-refractivity contribution is -0.133. The van der Waals surface area contributed by atoms with Crippen LogP contribution in [0.1, 0.15) is 37.0 Å². The van der Waals surface area contributed by atoms with Gasteiger partial charge in [0.15, 0.2) is 0 Å². The van der Waals surface area contributed by atoms with Gasteiger partial charge >= 0.3 is 0 Å². The first-order valence-corrected chi connectivity index (χ1v) is 7.29. The van der Waals surface area contributed by atoms with Crippen molar-refractivity contribution < 1.29 is 9.21 Å². The Hall–Kier alpha value is -1.29. The lowest BCUT2D eigenvalue weighted by Crippen LogP contribution is -2.45. The number of nitrogens with zero attached hydrogens (tertiary/aromatic N) is 1. The summed E-state index contributed by atoms with van der Waals surface area (Å²) in [5, 5.41) is 3.54. The van der Waals surface area contributed by atoms with Crippen LogP contribution in [0.3, 0.4) is 0 Å². The standard InChI is InChI=1S/C15H22N2O2/c1-11-6-9-19-14(11)10-16-13-4-7-17(8-5-13)15(18)12-2-3-12/h6,9,12-13,16H,2-5,7-8,10H2,1H3. The van der Waals surface area contributed by atoms with Crippen molar-refractivity contribution in [3.8, 4) is 0 Å². The van der Waals surface area contributed by atoms with Gasteiger partial charge in [-0.05, 0) is 44.2 Å². The first kappa shape index (κ1) is 12.7. The summed E-state index contributed by atoms with van der Waals surface area (Å²) in [6.45, 7) is 4.67. The van der Waals surface area contributed by atoms with E-state index in [1.807, 2.05) is 11.0 Å². The van der Waals surface area contributed by atoms with Gasteiger partial charge in [0.2, 0.25) is 5.91 Å². The van der Waals surface area contributed by atoms with Crippen LogP contribution >= 0.6 is 0 Å². The Morgan fingerprint density at radius 3 is 2.68 bits per heavy atom. The van der Waals surface area contributed by atoms with Gasteiger partial charge in [0.1, 0.15) is 5.76 Å². The number of carbonyl (C=O) groups excluding carboxylic acids is 1. The van der Waals surface area contributed by atoms with Crippen LogP contribution in [0, 0.1) is 12.8 Å². The van der Waals surface area contributed by atoms with Crippen LogP contribution in [0.15, 0.2) is 16.7 Å². The number of piperidine rings is 1. The van der Waals surface area contributed by atoms with Gasteiger partial charge in [0, 0.05) is 25.0 Å². The molecule has 0 bridgehead atoms. The molecule has 1 aromatic rings. The van der Waals surface area contributed by atoms with Crippen molar-refractivity contribution in [3.05, 3.63) is 23.7 Å². The highest BCUT2D eigenvalue weighted by molar-refractivity contribution is 5.81. The van der Waals surface area contributed by atoms with Crippen molar-refractivity contribution in [1.82, 2.24) is 10.2 Å². The van der Waals surface area contributed by atoms with E-state index in [1.54, 1.807) is 6.26 Å². The van der Waals surface area contributed by atoms with E-state index in [9.17, 15) is 4.79 Å². The highest BCUT2D eigenvalue weighted by Gasteiger charge is 2.34. The van der Waals surface area contributed by atoms with Gasteiger partial charge < -0.3 is 14.6 Å². The molecule has 4 nitrogen and oxygen atoms in total. The molecule has 4 heteroatoms. The molecule has 2 aliphatic rings. The molecular weight excluding hydrogens is 240 g/mol. The third-order valence-electron chi connectivity index (χ3n) is 4.25. The summed E-state index contributed by atoms with van der Waals surface area (Å²) in [5.41, 5.74) is 1.20. The molecule has 1 N–H and O–H groups in total. The van der Waals surface area contributed by atoms with E-state index >= 15 is 0 Å². The van der Waals surface area contributed by atoms with E-state index < -0.39 is 0 Å². The summed E-state index contributed by atoms with van der Waals surface area (Å²) in [7, 11) is 0. The molecule has 0 unspecified atom stereocenters. The van der Waals surface area contributed by atoms with Crippen molar-refractivity contribution in [1.29, 1.82) is 0 Å². The Morgan fingerprint density at radius 1 is 1.37 bits per heavy atom. The second-order valence-corrected chi connectivity index (χ2v) is 5.78. The molecule has 1 saturated heterocycles. The van der Waals surface area contributed by atoms with Gasteiger partial charge in [-0.25, -0.2) is 0 Å². The number of aryl methyl sites for hydroxylation is 1. The fraction of sp³-hybridized carbons (Fsp3) is 0.667. The zero-order chi connectivity index (χ0) is 13.2. The van der Waals surface area contributed by atoms with Crippen molar-refractivity contribution in [2.45, 2.75) is 45.2 Å². The highest BCUT2D eigenvalue weighted by Crippen LogP contribution is 2.31. The van der Waals surface area contributed by atoms with Crippen molar-refractivity contribution in [2.75, 3.05) is 13.1 Å². The number of rotatable bonds is 4. The lowest BCUT2D eigenvalue weighted by atomic mass is 10.0. The number of furan rings is 1. The van der Waals surface area contributed by atoms with Crippen molar-refractivity contribution in [3.63, 3.8) is 0 Å². The highest BCUT2D eigenvalue weighted by atomic mass is 16.3. The molecule has 1 aliphatic heterocycles. The van der Waals surface area contributed by atoms with Crippen LogP contribution < -0.4 is 5.32 Å². The summed E-state index contributed by atoms with van der Waals surface area (Å²) in [6, 6.07) is 2.50. The Balaban J connectivity index is 1.43. The van der Waals surface area contributed by atoms with Crippen LogP contribution in [-0.4, -0.2) is 29.9 Å². The second-order valence-electron chi connectivity index (χ2n) is 5.78. The molecule has 1 aromatic heterocycles. The number of likely N-dealkylation sites (tertiary alicyclic amines) is 1. The van der Waals surface area contributed by atoms with Crippen molar-refractivity contribution >= 4 is 5.91 Å². The number of amides is 1. The maximum absolute atomic E-state index is 11.9. The number of hydrogen-bond acceptors (Lipinski definition) is 3. The predicted molar refractivity (Wildman–Crippen MR) is 72.6 cm³/mol. The first-order chi connectivity index (χ1) is 9.24. The van der Waals surface area contributed by atoms with E-state index in [2.05, 4.69) is 12.2 Å². The van der Waals surface area contributed by atoms with Gasteiger partial charge in [-0.2, -0.15) is 0 Å². The molecule has 2 heterocycles. The van der Waals surface area contributed by atoms with Crippen molar-refractivity contribution in [2.24, 2.45) is 5.92 Å². The number of hydrogen-bond donors (Lipinski definition) is 1. The molecule has 1 saturated carbocycles. The van der Waals surface area contributed by atoms with Gasteiger partial charge in [0.05, 0.1) is 12.8 Å². The minimum atomic E-state index is 0.357. The van der Waals surface area contributed by atoms with E-state index in [0.717, 1.165) is 51.1 Å². The normalized spacial score (nSPS) is 20.8. The van der Waals surface area contributed by atoms with Gasteiger partial charge in [-0.3, -0.25) is 4.79 Å². The quantitative estimate of drug-likeness (QED) is 0.903. The maximum atomic E-state index is 11.9. The van der Waals surface area contributed by atoms with Crippen LogP contribution in [0.25, 0.3) is 0 Å². The molecule has 0 aromatic carbocycles. The lowest BCUT2D eigenvalue weighted by Gasteiger charge is -2.32. The molecule has 1 aliphatic carbocycles. The average molecular weight is 262 g/mol. The third kappa shape index (κ3) is 3.00. The molecule has 2 fully saturated rings. The molecule has 0 atom stereocenters. The smallest absolute Gasteiger partial charge is 0.225 e. The minimum absolute atomic E-state index is 0.357. The van der Waals surface area contributed by atoms with E-state index in [0.29, 0.717) is 17.9 Å². The topological polar surface area (TPSA) is 45.5 Å². The summed E-state index contributed by atoms with van der Waals surface area (Å²) in [6.07, 6.45) is 6.06. The zero-order valence-corrected chi connectivity index (χ0v) is 11.5. The molecule has 3 rings (SSSR count). The van der Waals surface area contributed by atoms with Crippen LogP contribution in [0.4, 0.5) is 0 Å². The molecule has 104 valence electrons. The Bertz CT molecular complexity index is 443. The van der Waals surface area contributed by atoms with Crippen LogP contribution in [-0.2, 0) is 11.3 Å².